The number of pyridine rings is 1. The van der Waals surface area contributed by atoms with Crippen LogP contribution >= 0.6 is 0 Å². The van der Waals surface area contributed by atoms with Gasteiger partial charge in [0.2, 0.25) is 5.65 Å². The number of fused-ring (bicyclic) bond motifs is 2. The summed E-state index contributed by atoms with van der Waals surface area (Å²) in [6.45, 7) is 0.515. The molecule has 5 aromatic rings. The van der Waals surface area contributed by atoms with Gasteiger partial charge in [-0.15, -0.1) is 5.10 Å². The molecule has 0 amide bonds. The number of methoxy groups -OCH3 is 1. The molecular formula is C21H16N6O. The van der Waals surface area contributed by atoms with Crippen LogP contribution in [0, 0.1) is 0 Å². The average molecular weight is 368 g/mol. The van der Waals surface area contributed by atoms with Crippen molar-refractivity contribution in [1.29, 1.82) is 0 Å². The molecule has 7 heteroatoms. The standard InChI is InChI=1S/C21H16N6O/c1-28-17-9-3-6-15(11-17)18-12-23-20-21(24-18)27(26-25-20)13-16-7-2-5-14-8-4-10-22-19(14)16/h2-12H,13H2,1H3. The van der Waals surface area contributed by atoms with Gasteiger partial charge in [0, 0.05) is 17.1 Å². The van der Waals surface area contributed by atoms with Crippen molar-refractivity contribution >= 4 is 22.2 Å². The highest BCUT2D eigenvalue weighted by Crippen LogP contribution is 2.23. The zero-order valence-electron chi connectivity index (χ0n) is 15.1. The Balaban J connectivity index is 1.58. The minimum atomic E-state index is 0.514. The maximum Gasteiger partial charge on any atom is 0.221 e. The molecule has 0 bridgehead atoms. The van der Waals surface area contributed by atoms with Crippen LogP contribution in [0.25, 0.3) is 33.5 Å². The van der Waals surface area contributed by atoms with Crippen LogP contribution in [0.1, 0.15) is 5.56 Å². The molecule has 0 saturated heterocycles. The molecule has 0 N–H and O–H groups in total. The van der Waals surface area contributed by atoms with Gasteiger partial charge in [0.15, 0.2) is 5.65 Å². The van der Waals surface area contributed by atoms with Crippen molar-refractivity contribution in [2.45, 2.75) is 6.54 Å². The fraction of sp³-hybridized carbons (Fsp3) is 0.0952. The monoisotopic (exact) mass is 368 g/mol. The molecule has 2 aromatic carbocycles. The Bertz CT molecular complexity index is 1290. The highest BCUT2D eigenvalue weighted by Gasteiger charge is 2.12. The molecule has 0 saturated carbocycles. The molecule has 28 heavy (non-hydrogen) atoms. The Labute approximate surface area is 160 Å². The number of ether oxygens (including phenoxy) is 1. The molecule has 0 spiro atoms. The van der Waals surface area contributed by atoms with E-state index in [4.69, 9.17) is 9.72 Å². The van der Waals surface area contributed by atoms with Gasteiger partial charge in [0.25, 0.3) is 0 Å². The third-order valence-electron chi connectivity index (χ3n) is 4.63. The highest BCUT2D eigenvalue weighted by molar-refractivity contribution is 5.81. The first-order valence-corrected chi connectivity index (χ1v) is 8.85. The molecule has 0 unspecified atom stereocenters. The topological polar surface area (TPSA) is 78.6 Å². The van der Waals surface area contributed by atoms with Gasteiger partial charge in [-0.25, -0.2) is 14.6 Å². The van der Waals surface area contributed by atoms with Crippen molar-refractivity contribution in [3.05, 3.63) is 72.6 Å². The van der Waals surface area contributed by atoms with E-state index in [-0.39, 0.29) is 0 Å². The molecule has 136 valence electrons. The second-order valence-corrected chi connectivity index (χ2v) is 6.37. The summed E-state index contributed by atoms with van der Waals surface area (Å²) in [5.41, 5.74) is 4.82. The number of hydrogen-bond donors (Lipinski definition) is 0. The Kier molecular flexibility index (Phi) is 3.90. The number of benzene rings is 2. The number of rotatable bonds is 4. The second-order valence-electron chi connectivity index (χ2n) is 6.37. The average Bonchev–Trinajstić information content (AvgIpc) is 3.16. The van der Waals surface area contributed by atoms with Crippen molar-refractivity contribution in [3.8, 4) is 17.0 Å². The van der Waals surface area contributed by atoms with E-state index >= 15 is 0 Å². The summed E-state index contributed by atoms with van der Waals surface area (Å²) in [7, 11) is 1.64. The molecule has 0 aliphatic heterocycles. The van der Waals surface area contributed by atoms with Gasteiger partial charge in [0.05, 0.1) is 31.1 Å². The molecule has 0 aliphatic carbocycles. The van der Waals surface area contributed by atoms with Gasteiger partial charge in [-0.3, -0.25) is 4.98 Å². The maximum absolute atomic E-state index is 5.31. The molecule has 0 radical (unpaired) electrons. The molecule has 7 nitrogen and oxygen atoms in total. The highest BCUT2D eigenvalue weighted by atomic mass is 16.5. The van der Waals surface area contributed by atoms with E-state index in [1.807, 2.05) is 54.6 Å². The third-order valence-corrected chi connectivity index (χ3v) is 4.63. The Morgan fingerprint density at radius 2 is 1.89 bits per heavy atom. The molecule has 3 heterocycles. The van der Waals surface area contributed by atoms with Crippen molar-refractivity contribution < 1.29 is 4.74 Å². The maximum atomic E-state index is 5.31. The van der Waals surface area contributed by atoms with E-state index in [0.717, 1.165) is 33.5 Å². The summed E-state index contributed by atoms with van der Waals surface area (Å²) in [6, 6.07) is 17.8. The first-order valence-electron chi connectivity index (χ1n) is 8.85. The minimum Gasteiger partial charge on any atom is -0.497 e. The number of para-hydroxylation sites is 1. The fourth-order valence-corrected chi connectivity index (χ4v) is 3.24. The van der Waals surface area contributed by atoms with Crippen LogP contribution in [0.2, 0.25) is 0 Å². The number of hydrogen-bond acceptors (Lipinski definition) is 6. The lowest BCUT2D eigenvalue weighted by Gasteiger charge is -2.07. The summed E-state index contributed by atoms with van der Waals surface area (Å²) in [6.07, 6.45) is 3.50. The van der Waals surface area contributed by atoms with Crippen LogP contribution in [0.3, 0.4) is 0 Å². The van der Waals surface area contributed by atoms with E-state index in [1.54, 1.807) is 24.2 Å². The predicted octanol–water partition coefficient (Wildman–Crippen LogP) is 3.49. The SMILES string of the molecule is COc1cccc(-c2cnc3nnn(Cc4cccc5cccnc45)c3n2)c1. The van der Waals surface area contributed by atoms with E-state index in [9.17, 15) is 0 Å². The minimum absolute atomic E-state index is 0.514. The lowest BCUT2D eigenvalue weighted by atomic mass is 10.1. The zero-order valence-corrected chi connectivity index (χ0v) is 15.1. The van der Waals surface area contributed by atoms with Gasteiger partial charge in [-0.2, -0.15) is 0 Å². The van der Waals surface area contributed by atoms with Crippen LogP contribution in [0.5, 0.6) is 5.75 Å². The zero-order chi connectivity index (χ0) is 18.9. The van der Waals surface area contributed by atoms with Crippen LogP contribution in [0.4, 0.5) is 0 Å². The van der Waals surface area contributed by atoms with Crippen molar-refractivity contribution in [1.82, 2.24) is 29.9 Å². The van der Waals surface area contributed by atoms with Crippen LogP contribution in [-0.2, 0) is 6.54 Å². The quantitative estimate of drug-likeness (QED) is 0.483. The van der Waals surface area contributed by atoms with Crippen LogP contribution in [-0.4, -0.2) is 37.1 Å². The largest absolute Gasteiger partial charge is 0.497 e. The summed E-state index contributed by atoms with van der Waals surface area (Å²) in [5.74, 6) is 0.771. The molecule has 0 aliphatic rings. The molecule has 0 atom stereocenters. The number of aromatic nitrogens is 6. The van der Waals surface area contributed by atoms with Crippen molar-refractivity contribution in [3.63, 3.8) is 0 Å². The van der Waals surface area contributed by atoms with Gasteiger partial charge in [-0.1, -0.05) is 41.6 Å². The smallest absolute Gasteiger partial charge is 0.221 e. The first kappa shape index (κ1) is 16.3. The van der Waals surface area contributed by atoms with Crippen LogP contribution in [0.15, 0.2) is 67.0 Å². The van der Waals surface area contributed by atoms with Crippen molar-refractivity contribution in [2.75, 3.05) is 7.11 Å². The summed E-state index contributed by atoms with van der Waals surface area (Å²) in [5, 5.41) is 9.50. The Morgan fingerprint density at radius 3 is 2.82 bits per heavy atom. The van der Waals surface area contributed by atoms with Gasteiger partial charge in [-0.05, 0) is 23.8 Å². The third kappa shape index (κ3) is 2.83. The van der Waals surface area contributed by atoms with E-state index < -0.39 is 0 Å². The van der Waals surface area contributed by atoms with Crippen molar-refractivity contribution in [2.24, 2.45) is 0 Å². The predicted molar refractivity (Wildman–Crippen MR) is 106 cm³/mol. The lowest BCUT2D eigenvalue weighted by Crippen LogP contribution is -2.04. The molecular weight excluding hydrogens is 352 g/mol. The summed E-state index contributed by atoms with van der Waals surface area (Å²) in [4.78, 5) is 13.7. The van der Waals surface area contributed by atoms with Gasteiger partial charge < -0.3 is 4.74 Å². The number of nitrogens with zero attached hydrogens (tertiary/aromatic N) is 6. The summed E-state index contributed by atoms with van der Waals surface area (Å²) >= 11 is 0. The van der Waals surface area contributed by atoms with Gasteiger partial charge in [0.1, 0.15) is 5.75 Å². The Morgan fingerprint density at radius 1 is 1.00 bits per heavy atom. The Hall–Kier alpha value is -3.87. The molecule has 0 fully saturated rings. The normalized spacial score (nSPS) is 11.2. The van der Waals surface area contributed by atoms with Gasteiger partial charge >= 0.3 is 0 Å². The fourth-order valence-electron chi connectivity index (χ4n) is 3.24. The van der Waals surface area contributed by atoms with Crippen LogP contribution < -0.4 is 4.74 Å². The molecule has 5 rings (SSSR count). The lowest BCUT2D eigenvalue weighted by molar-refractivity contribution is 0.415. The first-order chi connectivity index (χ1) is 13.8. The van der Waals surface area contributed by atoms with E-state index in [0.29, 0.717) is 17.8 Å². The second kappa shape index (κ2) is 6.70. The molecule has 3 aromatic heterocycles. The van der Waals surface area contributed by atoms with E-state index in [2.05, 4.69) is 20.3 Å². The summed E-state index contributed by atoms with van der Waals surface area (Å²) < 4.78 is 7.07. The van der Waals surface area contributed by atoms with E-state index in [1.165, 1.54) is 0 Å².